The van der Waals surface area contributed by atoms with Crippen LogP contribution in [0.2, 0.25) is 0 Å². The average Bonchev–Trinajstić information content (AvgIpc) is 2.74. The number of nitrogens with zero attached hydrogens (tertiary/aromatic N) is 1. The van der Waals surface area contributed by atoms with Crippen LogP contribution in [0.4, 0.5) is 5.69 Å². The lowest BCUT2D eigenvalue weighted by Crippen LogP contribution is -2.14. The number of benzene rings is 2. The lowest BCUT2D eigenvalue weighted by atomic mass is 10.1. The molecule has 0 bridgehead atoms. The Morgan fingerprint density at radius 3 is 2.38 bits per heavy atom. The van der Waals surface area contributed by atoms with Gasteiger partial charge < -0.3 is 14.8 Å². The van der Waals surface area contributed by atoms with Crippen molar-refractivity contribution in [3.8, 4) is 17.0 Å². The SMILES string of the molecule is CCOc1cc(C(=O)OC)nc(-c2ccc(NC(=O)Cc3ccccc3)cc2)c1. The summed E-state index contributed by atoms with van der Waals surface area (Å²) in [6.07, 6.45) is 0.309. The van der Waals surface area contributed by atoms with E-state index in [0.29, 0.717) is 30.2 Å². The molecular weight excluding hydrogens is 368 g/mol. The third-order valence-electron chi connectivity index (χ3n) is 4.18. The van der Waals surface area contributed by atoms with Crippen molar-refractivity contribution in [2.24, 2.45) is 0 Å². The molecule has 0 saturated carbocycles. The van der Waals surface area contributed by atoms with Crippen molar-refractivity contribution in [1.29, 1.82) is 0 Å². The zero-order valence-corrected chi connectivity index (χ0v) is 16.3. The van der Waals surface area contributed by atoms with Gasteiger partial charge in [-0.25, -0.2) is 9.78 Å². The van der Waals surface area contributed by atoms with Gasteiger partial charge in [-0.1, -0.05) is 42.5 Å². The Morgan fingerprint density at radius 2 is 1.72 bits per heavy atom. The van der Waals surface area contributed by atoms with E-state index in [2.05, 4.69) is 10.3 Å². The summed E-state index contributed by atoms with van der Waals surface area (Å²) in [7, 11) is 1.31. The van der Waals surface area contributed by atoms with Crippen LogP contribution in [0.15, 0.2) is 66.7 Å². The number of hydrogen-bond donors (Lipinski definition) is 1. The van der Waals surface area contributed by atoms with Crippen molar-refractivity contribution in [3.05, 3.63) is 78.0 Å². The van der Waals surface area contributed by atoms with E-state index in [4.69, 9.17) is 9.47 Å². The van der Waals surface area contributed by atoms with Crippen LogP contribution in [0.3, 0.4) is 0 Å². The lowest BCUT2D eigenvalue weighted by Gasteiger charge is -2.10. The lowest BCUT2D eigenvalue weighted by molar-refractivity contribution is -0.115. The topological polar surface area (TPSA) is 77.5 Å². The van der Waals surface area contributed by atoms with Crippen LogP contribution >= 0.6 is 0 Å². The minimum atomic E-state index is -0.530. The Balaban J connectivity index is 1.76. The van der Waals surface area contributed by atoms with Gasteiger partial charge in [-0.3, -0.25) is 4.79 Å². The molecule has 0 fully saturated rings. The molecule has 0 spiro atoms. The van der Waals surface area contributed by atoms with E-state index in [-0.39, 0.29) is 11.6 Å². The summed E-state index contributed by atoms with van der Waals surface area (Å²) in [5.74, 6) is -0.0795. The largest absolute Gasteiger partial charge is 0.494 e. The molecule has 1 amide bonds. The number of ether oxygens (including phenoxy) is 2. The molecule has 6 nitrogen and oxygen atoms in total. The number of hydrogen-bond acceptors (Lipinski definition) is 5. The number of anilines is 1. The molecular formula is C23H22N2O4. The maximum absolute atomic E-state index is 12.2. The fourth-order valence-corrected chi connectivity index (χ4v) is 2.82. The number of amides is 1. The summed E-state index contributed by atoms with van der Waals surface area (Å²) in [5.41, 5.74) is 3.18. The van der Waals surface area contributed by atoms with Crippen LogP contribution in [0.5, 0.6) is 5.75 Å². The van der Waals surface area contributed by atoms with Gasteiger partial charge in [0.05, 0.1) is 25.8 Å². The van der Waals surface area contributed by atoms with Crippen molar-refractivity contribution in [3.63, 3.8) is 0 Å². The van der Waals surface area contributed by atoms with Crippen molar-refractivity contribution < 1.29 is 19.1 Å². The van der Waals surface area contributed by atoms with Crippen molar-refractivity contribution in [2.45, 2.75) is 13.3 Å². The van der Waals surface area contributed by atoms with E-state index in [0.717, 1.165) is 11.1 Å². The van der Waals surface area contributed by atoms with Crippen molar-refractivity contribution in [2.75, 3.05) is 19.0 Å². The first kappa shape index (κ1) is 20.1. The number of carbonyl (C=O) groups is 2. The van der Waals surface area contributed by atoms with Gasteiger partial charge in [0.2, 0.25) is 5.91 Å². The second-order valence-electron chi connectivity index (χ2n) is 6.29. The Kier molecular flexibility index (Phi) is 6.58. The molecule has 1 heterocycles. The number of methoxy groups -OCH3 is 1. The van der Waals surface area contributed by atoms with E-state index in [1.165, 1.54) is 7.11 Å². The van der Waals surface area contributed by atoms with Crippen LogP contribution in [0.1, 0.15) is 23.0 Å². The molecule has 2 aromatic carbocycles. The molecule has 0 aliphatic heterocycles. The number of carbonyl (C=O) groups excluding carboxylic acids is 2. The Labute approximate surface area is 169 Å². The molecule has 3 aromatic rings. The summed E-state index contributed by atoms with van der Waals surface area (Å²) in [6, 6.07) is 20.1. The van der Waals surface area contributed by atoms with Crippen molar-refractivity contribution >= 4 is 17.6 Å². The highest BCUT2D eigenvalue weighted by Crippen LogP contribution is 2.25. The second kappa shape index (κ2) is 9.50. The van der Waals surface area contributed by atoms with Gasteiger partial charge >= 0.3 is 5.97 Å². The van der Waals surface area contributed by atoms with Gasteiger partial charge in [0.1, 0.15) is 5.75 Å². The minimum absolute atomic E-state index is 0.0894. The maximum atomic E-state index is 12.2. The standard InChI is InChI=1S/C23H22N2O4/c1-3-29-19-14-20(25-21(15-19)23(27)28-2)17-9-11-18(12-10-17)24-22(26)13-16-7-5-4-6-8-16/h4-12,14-15H,3,13H2,1-2H3,(H,24,26). The van der Waals surface area contributed by atoms with Gasteiger partial charge in [-0.2, -0.15) is 0 Å². The quantitative estimate of drug-likeness (QED) is 0.614. The zero-order valence-electron chi connectivity index (χ0n) is 16.3. The van der Waals surface area contributed by atoms with E-state index < -0.39 is 5.97 Å². The summed E-state index contributed by atoms with van der Waals surface area (Å²) in [5, 5.41) is 2.88. The Bertz CT molecular complexity index is 986. The van der Waals surface area contributed by atoms with Crippen LogP contribution in [-0.2, 0) is 16.0 Å². The number of rotatable bonds is 7. The third-order valence-corrected chi connectivity index (χ3v) is 4.18. The number of esters is 1. The van der Waals surface area contributed by atoms with Gasteiger partial charge in [0.25, 0.3) is 0 Å². The zero-order chi connectivity index (χ0) is 20.6. The molecule has 0 unspecified atom stereocenters. The van der Waals surface area contributed by atoms with Gasteiger partial charge in [-0.05, 0) is 24.6 Å². The monoisotopic (exact) mass is 390 g/mol. The molecule has 1 N–H and O–H groups in total. The smallest absolute Gasteiger partial charge is 0.356 e. The molecule has 0 radical (unpaired) electrons. The van der Waals surface area contributed by atoms with Gasteiger partial charge in [-0.15, -0.1) is 0 Å². The fourth-order valence-electron chi connectivity index (χ4n) is 2.82. The molecule has 0 saturated heterocycles. The Hall–Kier alpha value is -3.67. The molecule has 0 aliphatic rings. The highest BCUT2D eigenvalue weighted by molar-refractivity contribution is 5.92. The molecule has 6 heteroatoms. The van der Waals surface area contributed by atoms with Crippen LogP contribution in [0, 0.1) is 0 Å². The molecule has 0 atom stereocenters. The fraction of sp³-hybridized carbons (Fsp3) is 0.174. The predicted molar refractivity (Wildman–Crippen MR) is 111 cm³/mol. The van der Waals surface area contributed by atoms with E-state index in [1.54, 1.807) is 24.3 Å². The summed E-state index contributed by atoms with van der Waals surface area (Å²) in [6.45, 7) is 2.33. The van der Waals surface area contributed by atoms with Crippen molar-refractivity contribution in [1.82, 2.24) is 4.98 Å². The number of aromatic nitrogens is 1. The second-order valence-corrected chi connectivity index (χ2v) is 6.29. The van der Waals surface area contributed by atoms with E-state index in [1.807, 2.05) is 49.4 Å². The average molecular weight is 390 g/mol. The molecule has 1 aromatic heterocycles. The first-order valence-electron chi connectivity index (χ1n) is 9.26. The van der Waals surface area contributed by atoms with Crippen LogP contribution in [0.25, 0.3) is 11.3 Å². The number of pyridine rings is 1. The molecule has 0 aliphatic carbocycles. The van der Waals surface area contributed by atoms with Crippen LogP contribution in [-0.4, -0.2) is 30.6 Å². The van der Waals surface area contributed by atoms with Gasteiger partial charge in [0, 0.05) is 23.4 Å². The first-order chi connectivity index (χ1) is 14.1. The first-order valence-corrected chi connectivity index (χ1v) is 9.26. The van der Waals surface area contributed by atoms with E-state index >= 15 is 0 Å². The molecule has 3 rings (SSSR count). The Morgan fingerprint density at radius 1 is 1.00 bits per heavy atom. The third kappa shape index (κ3) is 5.42. The normalized spacial score (nSPS) is 10.3. The van der Waals surface area contributed by atoms with E-state index in [9.17, 15) is 9.59 Å². The highest BCUT2D eigenvalue weighted by atomic mass is 16.5. The highest BCUT2D eigenvalue weighted by Gasteiger charge is 2.13. The summed E-state index contributed by atoms with van der Waals surface area (Å²) in [4.78, 5) is 28.5. The molecule has 148 valence electrons. The van der Waals surface area contributed by atoms with Gasteiger partial charge in [0.15, 0.2) is 5.69 Å². The summed E-state index contributed by atoms with van der Waals surface area (Å²) < 4.78 is 10.3. The minimum Gasteiger partial charge on any atom is -0.494 e. The molecule has 29 heavy (non-hydrogen) atoms. The summed E-state index contributed by atoms with van der Waals surface area (Å²) >= 11 is 0. The number of nitrogens with one attached hydrogen (secondary N) is 1. The predicted octanol–water partition coefficient (Wildman–Crippen LogP) is 4.12. The maximum Gasteiger partial charge on any atom is 0.356 e. The van der Waals surface area contributed by atoms with Crippen LogP contribution < -0.4 is 10.1 Å².